The highest BCUT2D eigenvalue weighted by molar-refractivity contribution is 6.06. The lowest BCUT2D eigenvalue weighted by Crippen LogP contribution is -2.21. The summed E-state index contributed by atoms with van der Waals surface area (Å²) in [6, 6.07) is 11.5. The second kappa shape index (κ2) is 6.21. The van der Waals surface area contributed by atoms with Crippen molar-refractivity contribution in [3.8, 4) is 18.2 Å². The maximum absolute atomic E-state index is 11.6. The van der Waals surface area contributed by atoms with Gasteiger partial charge in [0.15, 0.2) is 5.57 Å². The topological polar surface area (TPSA) is 130 Å². The van der Waals surface area contributed by atoms with Crippen molar-refractivity contribution in [3.63, 3.8) is 0 Å². The molecule has 2 N–H and O–H groups in total. The Morgan fingerprint density at radius 3 is 2.18 bits per heavy atom. The maximum Gasteiger partial charge on any atom is 0.234 e. The minimum atomic E-state index is -0.513. The number of imide groups is 1. The average Bonchev–Trinajstić information content (AvgIpc) is 2.86. The number of nitrogens with one attached hydrogen (secondary N) is 2. The fourth-order valence-electron chi connectivity index (χ4n) is 2.05. The lowest BCUT2D eigenvalue weighted by Gasteiger charge is -2.09. The van der Waals surface area contributed by atoms with Crippen molar-refractivity contribution in [3.05, 3.63) is 41.1 Å². The molecule has 0 spiro atoms. The molecule has 22 heavy (non-hydrogen) atoms. The molecule has 1 saturated heterocycles. The van der Waals surface area contributed by atoms with Gasteiger partial charge in [0.1, 0.15) is 23.9 Å². The van der Waals surface area contributed by atoms with Gasteiger partial charge in [-0.2, -0.15) is 15.8 Å². The van der Waals surface area contributed by atoms with Crippen LogP contribution in [-0.2, 0) is 9.59 Å². The largest absolute Gasteiger partial charge is 0.345 e. The summed E-state index contributed by atoms with van der Waals surface area (Å²) in [5, 5.41) is 31.4. The third-order valence-corrected chi connectivity index (χ3v) is 3.14. The van der Waals surface area contributed by atoms with E-state index in [9.17, 15) is 9.59 Å². The van der Waals surface area contributed by atoms with Gasteiger partial charge in [0.25, 0.3) is 0 Å². The third kappa shape index (κ3) is 2.92. The SMILES string of the molecule is N#CC(C#N)=C(C#N)Nc1ccc(C2CC(=O)NC2=O)cc1. The first-order valence-corrected chi connectivity index (χ1v) is 6.24. The molecule has 1 aliphatic rings. The molecule has 0 radical (unpaired) electrons. The zero-order valence-electron chi connectivity index (χ0n) is 11.3. The normalized spacial score (nSPS) is 16.0. The minimum Gasteiger partial charge on any atom is -0.345 e. The van der Waals surface area contributed by atoms with E-state index in [4.69, 9.17) is 15.8 Å². The number of allylic oxidation sites excluding steroid dienone is 2. The quantitative estimate of drug-likeness (QED) is 0.632. The van der Waals surface area contributed by atoms with Gasteiger partial charge in [0, 0.05) is 12.1 Å². The Bertz CT molecular complexity index is 771. The second-order valence-electron chi connectivity index (χ2n) is 4.50. The molecule has 0 saturated carbocycles. The number of benzene rings is 1. The molecular weight excluding hydrogens is 282 g/mol. The summed E-state index contributed by atoms with van der Waals surface area (Å²) >= 11 is 0. The van der Waals surface area contributed by atoms with Gasteiger partial charge in [-0.25, -0.2) is 0 Å². The van der Waals surface area contributed by atoms with Crippen LogP contribution >= 0.6 is 0 Å². The predicted octanol–water partition coefficient (Wildman–Crippen LogP) is 1.05. The number of nitriles is 3. The van der Waals surface area contributed by atoms with Crippen molar-refractivity contribution < 1.29 is 9.59 Å². The van der Waals surface area contributed by atoms with Crippen molar-refractivity contribution in [1.29, 1.82) is 15.8 Å². The van der Waals surface area contributed by atoms with Crippen molar-refractivity contribution in [2.45, 2.75) is 12.3 Å². The Hall–Kier alpha value is -3.63. The number of amides is 2. The molecule has 2 rings (SSSR count). The Kier molecular flexibility index (Phi) is 4.17. The molecule has 106 valence electrons. The zero-order chi connectivity index (χ0) is 16.1. The molecule has 0 aliphatic carbocycles. The fourth-order valence-corrected chi connectivity index (χ4v) is 2.05. The second-order valence-corrected chi connectivity index (χ2v) is 4.50. The van der Waals surface area contributed by atoms with Crippen molar-refractivity contribution in [1.82, 2.24) is 5.32 Å². The van der Waals surface area contributed by atoms with E-state index in [1.165, 1.54) is 0 Å². The molecule has 1 fully saturated rings. The molecule has 2 amide bonds. The lowest BCUT2D eigenvalue weighted by atomic mass is 9.97. The molecule has 1 aromatic rings. The van der Waals surface area contributed by atoms with Crippen LogP contribution < -0.4 is 10.6 Å². The minimum absolute atomic E-state index is 0.113. The van der Waals surface area contributed by atoms with Crippen LogP contribution in [0, 0.1) is 34.0 Å². The van der Waals surface area contributed by atoms with Crippen LogP contribution in [0.25, 0.3) is 0 Å². The number of rotatable bonds is 3. The molecule has 7 nitrogen and oxygen atoms in total. The summed E-state index contributed by atoms with van der Waals surface area (Å²) in [4.78, 5) is 22.8. The first-order chi connectivity index (χ1) is 10.6. The summed E-state index contributed by atoms with van der Waals surface area (Å²) in [7, 11) is 0. The fraction of sp³-hybridized carbons (Fsp3) is 0.133. The lowest BCUT2D eigenvalue weighted by molar-refractivity contribution is -0.125. The van der Waals surface area contributed by atoms with Crippen LogP contribution in [0.2, 0.25) is 0 Å². The van der Waals surface area contributed by atoms with Gasteiger partial charge >= 0.3 is 0 Å². The van der Waals surface area contributed by atoms with Gasteiger partial charge in [0.2, 0.25) is 11.8 Å². The van der Waals surface area contributed by atoms with Crippen LogP contribution in [0.5, 0.6) is 0 Å². The summed E-state index contributed by atoms with van der Waals surface area (Å²) in [5.74, 6) is -1.15. The van der Waals surface area contributed by atoms with Crippen molar-refractivity contribution in [2.24, 2.45) is 0 Å². The summed E-state index contributed by atoms with van der Waals surface area (Å²) in [5.41, 5.74) is 0.712. The van der Waals surface area contributed by atoms with Crippen molar-refractivity contribution in [2.75, 3.05) is 5.32 Å². The highest BCUT2D eigenvalue weighted by atomic mass is 16.2. The molecule has 1 aromatic carbocycles. The van der Waals surface area contributed by atoms with Gasteiger partial charge in [-0.05, 0) is 17.7 Å². The zero-order valence-corrected chi connectivity index (χ0v) is 11.3. The smallest absolute Gasteiger partial charge is 0.234 e. The van der Waals surface area contributed by atoms with E-state index in [0.717, 1.165) is 0 Å². The Morgan fingerprint density at radius 1 is 1.09 bits per heavy atom. The van der Waals surface area contributed by atoms with E-state index in [1.807, 2.05) is 0 Å². The van der Waals surface area contributed by atoms with E-state index in [2.05, 4.69) is 10.6 Å². The molecule has 0 aromatic heterocycles. The van der Waals surface area contributed by atoms with E-state index in [-0.39, 0.29) is 29.5 Å². The highest BCUT2D eigenvalue weighted by Crippen LogP contribution is 2.25. The molecule has 0 bridgehead atoms. The molecule has 1 unspecified atom stereocenters. The van der Waals surface area contributed by atoms with Crippen LogP contribution in [0.3, 0.4) is 0 Å². The maximum atomic E-state index is 11.6. The van der Waals surface area contributed by atoms with Gasteiger partial charge < -0.3 is 5.32 Å². The Morgan fingerprint density at radius 2 is 1.73 bits per heavy atom. The standard InChI is InChI=1S/C15H9N5O2/c16-6-10(7-17)13(8-18)19-11-3-1-9(2-4-11)12-5-14(21)20-15(12)22/h1-4,12,19H,5H2,(H,20,21,22). The first-order valence-electron chi connectivity index (χ1n) is 6.24. The molecule has 1 aliphatic heterocycles. The number of carbonyl (C=O) groups is 2. The van der Waals surface area contributed by atoms with Gasteiger partial charge in [-0.3, -0.25) is 14.9 Å². The van der Waals surface area contributed by atoms with Crippen LogP contribution in [0.1, 0.15) is 17.9 Å². The van der Waals surface area contributed by atoms with E-state index in [0.29, 0.717) is 11.3 Å². The summed E-state index contributed by atoms with van der Waals surface area (Å²) in [6.45, 7) is 0. The number of nitrogens with zero attached hydrogens (tertiary/aromatic N) is 3. The summed E-state index contributed by atoms with van der Waals surface area (Å²) < 4.78 is 0. The number of hydrogen-bond donors (Lipinski definition) is 2. The van der Waals surface area contributed by atoms with Gasteiger partial charge in [-0.15, -0.1) is 0 Å². The number of hydrogen-bond acceptors (Lipinski definition) is 6. The van der Waals surface area contributed by atoms with Gasteiger partial charge in [-0.1, -0.05) is 12.1 Å². The van der Waals surface area contributed by atoms with Crippen LogP contribution in [0.4, 0.5) is 5.69 Å². The number of anilines is 1. The third-order valence-electron chi connectivity index (χ3n) is 3.14. The molecule has 7 heteroatoms. The Labute approximate surface area is 126 Å². The van der Waals surface area contributed by atoms with Gasteiger partial charge in [0.05, 0.1) is 5.92 Å². The van der Waals surface area contributed by atoms with Crippen LogP contribution in [0.15, 0.2) is 35.5 Å². The van der Waals surface area contributed by atoms with E-state index in [1.54, 1.807) is 42.5 Å². The first kappa shape index (κ1) is 14.8. The van der Waals surface area contributed by atoms with Crippen LogP contribution in [-0.4, -0.2) is 11.8 Å². The molecule has 1 atom stereocenters. The van der Waals surface area contributed by atoms with E-state index < -0.39 is 5.92 Å². The summed E-state index contributed by atoms with van der Waals surface area (Å²) in [6.07, 6.45) is 0.113. The molecular formula is C15H9N5O2. The number of carbonyl (C=O) groups excluding carboxylic acids is 2. The monoisotopic (exact) mass is 291 g/mol. The highest BCUT2D eigenvalue weighted by Gasteiger charge is 2.31. The van der Waals surface area contributed by atoms with Crippen molar-refractivity contribution >= 4 is 17.5 Å². The van der Waals surface area contributed by atoms with E-state index >= 15 is 0 Å². The predicted molar refractivity (Wildman–Crippen MR) is 74.4 cm³/mol. The average molecular weight is 291 g/mol. The molecule has 1 heterocycles. The Balaban J connectivity index is 2.21.